The maximum Gasteiger partial charge on any atom is 0.417 e. The molecule has 3 rings (SSSR count). The number of fused-ring (bicyclic) bond motifs is 1. The molecule has 0 saturated heterocycles. The number of hydrogen-bond donors (Lipinski definition) is 3. The van der Waals surface area contributed by atoms with Crippen molar-refractivity contribution in [3.63, 3.8) is 0 Å². The summed E-state index contributed by atoms with van der Waals surface area (Å²) in [6.07, 6.45) is -4.61. The highest BCUT2D eigenvalue weighted by molar-refractivity contribution is 5.94. The topological polar surface area (TPSA) is 83.4 Å². The van der Waals surface area contributed by atoms with Gasteiger partial charge in [-0.2, -0.15) is 13.2 Å². The Kier molecular flexibility index (Phi) is 5.60. The van der Waals surface area contributed by atoms with Crippen molar-refractivity contribution < 1.29 is 23.1 Å². The molecule has 0 spiro atoms. The third kappa shape index (κ3) is 4.24. The van der Waals surface area contributed by atoms with Gasteiger partial charge in [0.2, 0.25) is 5.91 Å². The molecule has 1 amide bonds. The van der Waals surface area contributed by atoms with Crippen LogP contribution in [0, 0.1) is 0 Å². The number of aliphatic hydroxyl groups excluding tert-OH is 1. The summed E-state index contributed by atoms with van der Waals surface area (Å²) in [6, 6.07) is 11.0. The average Bonchev–Trinajstić information content (AvgIpc) is 2.66. The lowest BCUT2D eigenvalue weighted by molar-refractivity contribution is -0.137. The Hall–Kier alpha value is -3.33. The first-order chi connectivity index (χ1) is 13.7. The lowest BCUT2D eigenvalue weighted by Crippen LogP contribution is -2.32. The van der Waals surface area contributed by atoms with Crippen LogP contribution in [0.15, 0.2) is 53.3 Å². The summed E-state index contributed by atoms with van der Waals surface area (Å²) < 4.78 is 41.5. The van der Waals surface area contributed by atoms with Gasteiger partial charge in [-0.3, -0.25) is 9.59 Å². The summed E-state index contributed by atoms with van der Waals surface area (Å²) in [7, 11) is 0. The lowest BCUT2D eigenvalue weighted by atomic mass is 10.0. The van der Waals surface area contributed by atoms with Crippen molar-refractivity contribution in [1.82, 2.24) is 4.68 Å². The van der Waals surface area contributed by atoms with E-state index in [1.54, 1.807) is 12.1 Å². The van der Waals surface area contributed by atoms with Gasteiger partial charge < -0.3 is 15.8 Å². The van der Waals surface area contributed by atoms with Crippen LogP contribution >= 0.6 is 0 Å². The van der Waals surface area contributed by atoms with Crippen LogP contribution in [-0.2, 0) is 11.0 Å². The molecule has 152 valence electrons. The summed E-state index contributed by atoms with van der Waals surface area (Å²) in [5.41, 5.74) is 1.40. The van der Waals surface area contributed by atoms with Crippen molar-refractivity contribution in [1.29, 1.82) is 0 Å². The number of pyridine rings is 1. The Morgan fingerprint density at radius 2 is 1.86 bits per heavy atom. The molecule has 1 heterocycles. The van der Waals surface area contributed by atoms with Gasteiger partial charge in [0, 0.05) is 18.2 Å². The van der Waals surface area contributed by atoms with E-state index in [0.717, 1.165) is 10.7 Å². The van der Waals surface area contributed by atoms with Crippen LogP contribution in [0.4, 0.5) is 18.9 Å². The summed E-state index contributed by atoms with van der Waals surface area (Å²) in [5.74, 6) is -0.321. The predicted octanol–water partition coefficient (Wildman–Crippen LogP) is 3.18. The zero-order chi connectivity index (χ0) is 21.2. The van der Waals surface area contributed by atoms with Crippen molar-refractivity contribution in [3.8, 4) is 11.3 Å². The van der Waals surface area contributed by atoms with E-state index in [1.807, 2.05) is 0 Å². The second kappa shape index (κ2) is 7.96. The molecule has 2 aromatic carbocycles. The zero-order valence-corrected chi connectivity index (χ0v) is 15.4. The number of alkyl halides is 3. The average molecular weight is 405 g/mol. The fraction of sp³-hybridized carbons (Fsp3) is 0.200. The molecule has 0 bridgehead atoms. The molecule has 3 N–H and O–H groups in total. The zero-order valence-electron chi connectivity index (χ0n) is 15.4. The minimum absolute atomic E-state index is 0.0103. The highest BCUT2D eigenvalue weighted by Gasteiger charge is 2.34. The van der Waals surface area contributed by atoms with Gasteiger partial charge in [0.05, 0.1) is 29.8 Å². The number of benzene rings is 2. The molecule has 29 heavy (non-hydrogen) atoms. The second-order valence-electron chi connectivity index (χ2n) is 6.33. The van der Waals surface area contributed by atoms with Crippen LogP contribution in [0.5, 0.6) is 0 Å². The smallest absolute Gasteiger partial charge is 0.394 e. The number of carbonyl (C=O) groups excluding carboxylic acids is 1. The van der Waals surface area contributed by atoms with Gasteiger partial charge in [0.15, 0.2) is 0 Å². The number of aliphatic hydroxyl groups is 1. The van der Waals surface area contributed by atoms with Crippen LogP contribution < -0.4 is 16.3 Å². The monoisotopic (exact) mass is 405 g/mol. The molecule has 0 fully saturated rings. The van der Waals surface area contributed by atoms with Crippen LogP contribution in [-0.4, -0.2) is 28.8 Å². The molecular formula is C20H18F3N3O3. The normalized spacial score (nSPS) is 11.5. The van der Waals surface area contributed by atoms with E-state index in [1.165, 1.54) is 37.3 Å². The van der Waals surface area contributed by atoms with Gasteiger partial charge in [0.25, 0.3) is 5.56 Å². The fourth-order valence-electron chi connectivity index (χ4n) is 3.06. The molecule has 6 nitrogen and oxygen atoms in total. The van der Waals surface area contributed by atoms with Crippen molar-refractivity contribution in [2.45, 2.75) is 13.1 Å². The van der Waals surface area contributed by atoms with Gasteiger partial charge in [-0.1, -0.05) is 24.3 Å². The van der Waals surface area contributed by atoms with Gasteiger partial charge in [-0.25, -0.2) is 4.68 Å². The molecule has 0 radical (unpaired) electrons. The summed E-state index contributed by atoms with van der Waals surface area (Å²) >= 11 is 0. The van der Waals surface area contributed by atoms with Crippen LogP contribution in [0.1, 0.15) is 12.5 Å². The van der Waals surface area contributed by atoms with E-state index in [4.69, 9.17) is 5.11 Å². The third-order valence-electron chi connectivity index (χ3n) is 4.23. The highest BCUT2D eigenvalue weighted by Crippen LogP contribution is 2.37. The quantitative estimate of drug-likeness (QED) is 0.609. The predicted molar refractivity (Wildman–Crippen MR) is 104 cm³/mol. The molecule has 0 atom stereocenters. The first kappa shape index (κ1) is 20.4. The van der Waals surface area contributed by atoms with Crippen molar-refractivity contribution in [2.24, 2.45) is 0 Å². The van der Waals surface area contributed by atoms with Gasteiger partial charge in [0.1, 0.15) is 0 Å². The molecule has 0 aliphatic carbocycles. The molecule has 0 unspecified atom stereocenters. The van der Waals surface area contributed by atoms with Crippen LogP contribution in [0.3, 0.4) is 0 Å². The van der Waals surface area contributed by atoms with Crippen LogP contribution in [0.25, 0.3) is 22.0 Å². The fourth-order valence-corrected chi connectivity index (χ4v) is 3.06. The highest BCUT2D eigenvalue weighted by atomic mass is 19.4. The molecule has 3 aromatic rings. The summed E-state index contributed by atoms with van der Waals surface area (Å²) in [5, 5.41) is 12.3. The maximum atomic E-state index is 13.5. The van der Waals surface area contributed by atoms with Gasteiger partial charge in [-0.15, -0.1) is 0 Å². The number of hydrogen-bond acceptors (Lipinski definition) is 4. The van der Waals surface area contributed by atoms with E-state index in [0.29, 0.717) is 11.1 Å². The Labute approximate surface area is 163 Å². The third-order valence-corrected chi connectivity index (χ3v) is 4.23. The summed E-state index contributed by atoms with van der Waals surface area (Å²) in [4.78, 5) is 24.3. The van der Waals surface area contributed by atoms with E-state index >= 15 is 0 Å². The van der Waals surface area contributed by atoms with E-state index in [-0.39, 0.29) is 35.7 Å². The first-order valence-corrected chi connectivity index (χ1v) is 8.71. The van der Waals surface area contributed by atoms with Crippen molar-refractivity contribution in [2.75, 3.05) is 23.9 Å². The van der Waals surface area contributed by atoms with E-state index in [2.05, 4.69) is 10.7 Å². The van der Waals surface area contributed by atoms with Crippen molar-refractivity contribution in [3.05, 3.63) is 64.4 Å². The number of nitrogens with zero attached hydrogens (tertiary/aromatic N) is 1. The first-order valence-electron chi connectivity index (χ1n) is 8.71. The number of amides is 1. The lowest BCUT2D eigenvalue weighted by Gasteiger charge is -2.19. The number of aromatic nitrogens is 1. The van der Waals surface area contributed by atoms with Gasteiger partial charge >= 0.3 is 6.18 Å². The Bertz CT molecular complexity index is 1120. The standard InChI is InChI=1S/C20H18F3N3O3/c1-12(28)25-14-7-6-13-10-18(15-4-2-3-5-17(15)20(21,22)23)26(24-8-9-27)19(29)16(13)11-14/h2-7,10-11,24,27H,8-9H2,1H3,(H,25,28). The van der Waals surface area contributed by atoms with Gasteiger partial charge in [-0.05, 0) is 29.7 Å². The Morgan fingerprint density at radius 3 is 2.52 bits per heavy atom. The minimum atomic E-state index is -4.61. The molecule has 1 aromatic heterocycles. The number of rotatable bonds is 5. The molecule has 0 aliphatic heterocycles. The second-order valence-corrected chi connectivity index (χ2v) is 6.33. The molecule has 9 heteroatoms. The number of halogens is 3. The van der Waals surface area contributed by atoms with Crippen molar-refractivity contribution >= 4 is 22.4 Å². The largest absolute Gasteiger partial charge is 0.417 e. The molecule has 0 saturated carbocycles. The number of anilines is 1. The van der Waals surface area contributed by atoms with Crippen LogP contribution in [0.2, 0.25) is 0 Å². The number of nitrogens with one attached hydrogen (secondary N) is 2. The van der Waals surface area contributed by atoms with E-state index in [9.17, 15) is 22.8 Å². The Balaban J connectivity index is 2.30. The minimum Gasteiger partial charge on any atom is -0.394 e. The SMILES string of the molecule is CC(=O)Nc1ccc2cc(-c3ccccc3C(F)(F)F)n(NCCO)c(=O)c2c1. The molecule has 0 aliphatic rings. The summed E-state index contributed by atoms with van der Waals surface area (Å²) in [6.45, 7) is 0.956. The number of carbonyl (C=O) groups is 1. The van der Waals surface area contributed by atoms with E-state index < -0.39 is 17.3 Å². The Morgan fingerprint density at radius 1 is 1.14 bits per heavy atom. The maximum absolute atomic E-state index is 13.5. The molecular weight excluding hydrogens is 387 g/mol.